The molecule has 0 saturated carbocycles. The van der Waals surface area contributed by atoms with Gasteiger partial charge in [0, 0.05) is 23.3 Å². The summed E-state index contributed by atoms with van der Waals surface area (Å²) < 4.78 is 0. The number of nitrogens with two attached hydrogens (primary N) is 1. The third kappa shape index (κ3) is 3.62. The van der Waals surface area contributed by atoms with Crippen molar-refractivity contribution in [3.63, 3.8) is 0 Å². The summed E-state index contributed by atoms with van der Waals surface area (Å²) in [5, 5.41) is 5.27. The van der Waals surface area contributed by atoms with Crippen LogP contribution in [-0.4, -0.2) is 16.4 Å². The Hall–Kier alpha value is -0.750. The number of nitrogens with zero attached hydrogens (tertiary/aromatic N) is 2. The molecule has 0 aliphatic rings. The first kappa shape index (κ1) is 13.7. The molecule has 5 heteroatoms. The summed E-state index contributed by atoms with van der Waals surface area (Å²) >= 11 is 3.47. The fraction of sp³-hybridized carbons (Fsp3) is 0.462. The fourth-order valence-electron chi connectivity index (χ4n) is 1.74. The molecule has 0 aromatic carbocycles. The molecule has 98 valence electrons. The summed E-state index contributed by atoms with van der Waals surface area (Å²) in [5.74, 6) is 0. The number of hydrogen-bond acceptors (Lipinski definition) is 5. The molecule has 18 heavy (non-hydrogen) atoms. The highest BCUT2D eigenvalue weighted by Gasteiger charge is 2.10. The van der Waals surface area contributed by atoms with Gasteiger partial charge in [-0.2, -0.15) is 0 Å². The van der Waals surface area contributed by atoms with Gasteiger partial charge in [0.1, 0.15) is 5.01 Å². The average Bonchev–Trinajstić information content (AvgIpc) is 2.99. The maximum Gasteiger partial charge on any atom is 0.109 e. The zero-order valence-corrected chi connectivity index (χ0v) is 12.4. The van der Waals surface area contributed by atoms with Gasteiger partial charge in [0.2, 0.25) is 0 Å². The third-order valence-electron chi connectivity index (χ3n) is 2.75. The van der Waals surface area contributed by atoms with E-state index < -0.39 is 0 Å². The minimum atomic E-state index is 0.0381. The first-order valence-corrected chi connectivity index (χ1v) is 7.89. The first-order valence-electron chi connectivity index (χ1n) is 6.13. The summed E-state index contributed by atoms with van der Waals surface area (Å²) in [6, 6.07) is 4.32. The lowest BCUT2D eigenvalue weighted by atomic mass is 10.3. The third-order valence-corrected chi connectivity index (χ3v) is 4.71. The first-order chi connectivity index (χ1) is 8.69. The molecule has 2 heterocycles. The Kier molecular flexibility index (Phi) is 4.88. The van der Waals surface area contributed by atoms with Gasteiger partial charge in [0.25, 0.3) is 0 Å². The molecule has 2 aromatic heterocycles. The zero-order valence-electron chi connectivity index (χ0n) is 10.8. The lowest BCUT2D eigenvalue weighted by Gasteiger charge is -2.18. The van der Waals surface area contributed by atoms with E-state index in [0.717, 1.165) is 30.3 Å². The summed E-state index contributed by atoms with van der Waals surface area (Å²) in [7, 11) is 0. The number of thiazole rings is 1. The Bertz CT molecular complexity index is 462. The van der Waals surface area contributed by atoms with E-state index in [1.807, 2.05) is 18.3 Å². The van der Waals surface area contributed by atoms with E-state index in [4.69, 9.17) is 5.73 Å². The average molecular weight is 281 g/mol. The van der Waals surface area contributed by atoms with Crippen molar-refractivity contribution in [2.24, 2.45) is 5.73 Å². The normalized spacial score (nSPS) is 13.1. The van der Waals surface area contributed by atoms with E-state index in [0.29, 0.717) is 0 Å². The van der Waals surface area contributed by atoms with Crippen LogP contribution in [0.15, 0.2) is 22.9 Å². The van der Waals surface area contributed by atoms with Gasteiger partial charge < -0.3 is 5.73 Å². The van der Waals surface area contributed by atoms with E-state index in [2.05, 4.69) is 39.7 Å². The van der Waals surface area contributed by atoms with Crippen molar-refractivity contribution in [2.75, 3.05) is 6.54 Å². The van der Waals surface area contributed by atoms with Crippen LogP contribution in [0.25, 0.3) is 0 Å². The Morgan fingerprint density at radius 1 is 1.39 bits per heavy atom. The molecule has 0 fully saturated rings. The number of thiophene rings is 1. The van der Waals surface area contributed by atoms with Crippen LogP contribution >= 0.6 is 22.7 Å². The van der Waals surface area contributed by atoms with Gasteiger partial charge in [0.15, 0.2) is 0 Å². The van der Waals surface area contributed by atoms with E-state index in [1.165, 1.54) is 4.88 Å². The van der Waals surface area contributed by atoms with Gasteiger partial charge in [-0.1, -0.05) is 13.0 Å². The molecule has 0 saturated heterocycles. The second-order valence-corrected chi connectivity index (χ2v) is 6.27. The number of rotatable bonds is 6. The van der Waals surface area contributed by atoms with Gasteiger partial charge in [-0.3, -0.25) is 4.90 Å². The van der Waals surface area contributed by atoms with Crippen LogP contribution in [0, 0.1) is 0 Å². The molecule has 0 spiro atoms. The Labute approximate surface area is 116 Å². The van der Waals surface area contributed by atoms with Crippen molar-refractivity contribution in [3.05, 3.63) is 38.5 Å². The van der Waals surface area contributed by atoms with E-state index in [-0.39, 0.29) is 6.04 Å². The van der Waals surface area contributed by atoms with Crippen LogP contribution in [0.4, 0.5) is 0 Å². The van der Waals surface area contributed by atoms with Gasteiger partial charge in [0.05, 0.1) is 11.7 Å². The topological polar surface area (TPSA) is 42.1 Å². The molecule has 2 aromatic rings. The standard InChI is InChI=1S/C13H19N3S2/c1-3-16(8-12-5-4-6-17-12)7-11-9-18-13(15-11)10(2)14/h4-6,9-10H,3,7-8,14H2,1-2H3. The summed E-state index contributed by atoms with van der Waals surface area (Å²) in [6.07, 6.45) is 0. The molecule has 0 aliphatic carbocycles. The van der Waals surface area contributed by atoms with Crippen LogP contribution in [0.1, 0.15) is 35.5 Å². The Morgan fingerprint density at radius 3 is 2.78 bits per heavy atom. The van der Waals surface area contributed by atoms with Gasteiger partial charge in [-0.25, -0.2) is 4.98 Å². The maximum atomic E-state index is 5.84. The highest BCUT2D eigenvalue weighted by atomic mass is 32.1. The maximum absolute atomic E-state index is 5.84. The minimum absolute atomic E-state index is 0.0381. The van der Waals surface area contributed by atoms with Crippen molar-refractivity contribution < 1.29 is 0 Å². The molecular formula is C13H19N3S2. The minimum Gasteiger partial charge on any atom is -0.322 e. The van der Waals surface area contributed by atoms with Crippen LogP contribution < -0.4 is 5.73 Å². The van der Waals surface area contributed by atoms with Crippen molar-refractivity contribution in [2.45, 2.75) is 33.0 Å². The molecular weight excluding hydrogens is 262 g/mol. The van der Waals surface area contributed by atoms with E-state index in [1.54, 1.807) is 11.3 Å². The summed E-state index contributed by atoms with van der Waals surface area (Å²) in [5.41, 5.74) is 6.97. The molecule has 0 aliphatic heterocycles. The predicted molar refractivity (Wildman–Crippen MR) is 78.8 cm³/mol. The highest BCUT2D eigenvalue weighted by Crippen LogP contribution is 2.18. The van der Waals surface area contributed by atoms with Gasteiger partial charge >= 0.3 is 0 Å². The Balaban J connectivity index is 1.96. The lowest BCUT2D eigenvalue weighted by molar-refractivity contribution is 0.271. The quantitative estimate of drug-likeness (QED) is 0.884. The summed E-state index contributed by atoms with van der Waals surface area (Å²) in [4.78, 5) is 8.38. The fourth-order valence-corrected chi connectivity index (χ4v) is 3.25. The lowest BCUT2D eigenvalue weighted by Crippen LogP contribution is -2.22. The molecule has 3 nitrogen and oxygen atoms in total. The molecule has 2 N–H and O–H groups in total. The molecule has 2 rings (SSSR count). The van der Waals surface area contributed by atoms with Crippen LogP contribution in [0.5, 0.6) is 0 Å². The van der Waals surface area contributed by atoms with Crippen molar-refractivity contribution in [1.29, 1.82) is 0 Å². The van der Waals surface area contributed by atoms with Crippen molar-refractivity contribution in [3.8, 4) is 0 Å². The predicted octanol–water partition coefficient (Wildman–Crippen LogP) is 3.25. The number of aromatic nitrogens is 1. The summed E-state index contributed by atoms with van der Waals surface area (Å²) in [6.45, 7) is 7.10. The van der Waals surface area contributed by atoms with Crippen LogP contribution in [-0.2, 0) is 13.1 Å². The van der Waals surface area contributed by atoms with E-state index in [9.17, 15) is 0 Å². The van der Waals surface area contributed by atoms with Crippen molar-refractivity contribution >= 4 is 22.7 Å². The Morgan fingerprint density at radius 2 is 2.22 bits per heavy atom. The van der Waals surface area contributed by atoms with Gasteiger partial charge in [-0.05, 0) is 24.9 Å². The highest BCUT2D eigenvalue weighted by molar-refractivity contribution is 7.10. The monoisotopic (exact) mass is 281 g/mol. The largest absolute Gasteiger partial charge is 0.322 e. The molecule has 0 amide bonds. The van der Waals surface area contributed by atoms with E-state index >= 15 is 0 Å². The van der Waals surface area contributed by atoms with Crippen molar-refractivity contribution in [1.82, 2.24) is 9.88 Å². The molecule has 0 bridgehead atoms. The molecule has 0 radical (unpaired) electrons. The second kappa shape index (κ2) is 6.43. The zero-order chi connectivity index (χ0) is 13.0. The molecule has 1 unspecified atom stereocenters. The van der Waals surface area contributed by atoms with Crippen LogP contribution in [0.2, 0.25) is 0 Å². The smallest absolute Gasteiger partial charge is 0.109 e. The second-order valence-electron chi connectivity index (χ2n) is 4.35. The SMILES string of the molecule is CCN(Cc1csc(C(C)N)n1)Cc1cccs1. The molecule has 1 atom stereocenters. The number of hydrogen-bond donors (Lipinski definition) is 1. The van der Waals surface area contributed by atoms with Crippen LogP contribution in [0.3, 0.4) is 0 Å². The van der Waals surface area contributed by atoms with Gasteiger partial charge in [-0.15, -0.1) is 22.7 Å².